The Hall–Kier alpha value is -1.07. The average molecular weight is 340 g/mol. The van der Waals surface area contributed by atoms with Crippen LogP contribution in [0.25, 0.3) is 0 Å². The first-order chi connectivity index (χ1) is 9.52. The highest BCUT2D eigenvalue weighted by atomic mass is 79.9. The molecule has 1 saturated heterocycles. The monoisotopic (exact) mass is 339 g/mol. The highest BCUT2D eigenvalue weighted by molar-refractivity contribution is 9.10. The molecule has 1 aliphatic rings. The molecule has 0 aliphatic carbocycles. The summed E-state index contributed by atoms with van der Waals surface area (Å²) in [6.45, 7) is 7.32. The fourth-order valence-corrected chi connectivity index (χ4v) is 2.92. The molecule has 2 rings (SSSR count). The molecule has 0 spiro atoms. The fourth-order valence-electron chi connectivity index (χ4n) is 2.54. The summed E-state index contributed by atoms with van der Waals surface area (Å²) < 4.78 is 1.07. The number of halogens is 1. The Labute approximate surface area is 129 Å². The quantitative estimate of drug-likeness (QED) is 0.914. The average Bonchev–Trinajstić information content (AvgIpc) is 2.42. The summed E-state index contributed by atoms with van der Waals surface area (Å²) in [7, 11) is 1.86. The summed E-state index contributed by atoms with van der Waals surface area (Å²) in [5, 5.41) is 3.45. The van der Waals surface area contributed by atoms with Gasteiger partial charge in [0.25, 0.3) is 0 Å². The number of piperazine rings is 1. The summed E-state index contributed by atoms with van der Waals surface area (Å²) in [4.78, 5) is 15.9. The molecule has 1 atom stereocenters. The van der Waals surface area contributed by atoms with Crippen molar-refractivity contribution in [3.63, 3.8) is 0 Å². The molecule has 20 heavy (non-hydrogen) atoms. The highest BCUT2D eigenvalue weighted by Crippen LogP contribution is 2.30. The molecule has 0 radical (unpaired) electrons. The normalized spacial score (nSPS) is 17.5. The van der Waals surface area contributed by atoms with Gasteiger partial charge in [-0.1, -0.05) is 22.9 Å². The molecule has 0 saturated carbocycles. The lowest BCUT2D eigenvalue weighted by Gasteiger charge is -2.35. The van der Waals surface area contributed by atoms with Crippen LogP contribution in [0.1, 0.15) is 25.5 Å². The van der Waals surface area contributed by atoms with Crippen LogP contribution in [-0.4, -0.2) is 44.0 Å². The number of nitrogens with one attached hydrogen (secondary N) is 1. The summed E-state index contributed by atoms with van der Waals surface area (Å²) >= 11 is 3.54. The molecule has 1 aromatic rings. The third kappa shape index (κ3) is 3.33. The number of hydrogen-bond acceptors (Lipinski definition) is 3. The van der Waals surface area contributed by atoms with Crippen molar-refractivity contribution in [3.8, 4) is 0 Å². The van der Waals surface area contributed by atoms with Crippen LogP contribution in [0, 0.1) is 0 Å². The predicted octanol–water partition coefficient (Wildman–Crippen LogP) is 2.40. The van der Waals surface area contributed by atoms with Gasteiger partial charge in [0, 0.05) is 36.3 Å². The van der Waals surface area contributed by atoms with E-state index in [9.17, 15) is 4.79 Å². The van der Waals surface area contributed by atoms with Crippen molar-refractivity contribution in [1.82, 2.24) is 10.2 Å². The predicted molar refractivity (Wildman–Crippen MR) is 86.1 cm³/mol. The largest absolute Gasteiger partial charge is 0.360 e. The molecule has 1 aliphatic heterocycles. The maximum absolute atomic E-state index is 11.9. The SMILES string of the molecule is CCNC(C)c1cc(Br)ccc1N1CCN(C)C(=O)C1. The molecule has 1 aromatic carbocycles. The van der Waals surface area contributed by atoms with E-state index in [1.807, 2.05) is 13.1 Å². The molecule has 1 heterocycles. The Morgan fingerprint density at radius 1 is 1.40 bits per heavy atom. The minimum Gasteiger partial charge on any atom is -0.360 e. The zero-order valence-corrected chi connectivity index (χ0v) is 13.9. The number of amides is 1. The van der Waals surface area contributed by atoms with Gasteiger partial charge in [-0.15, -0.1) is 0 Å². The van der Waals surface area contributed by atoms with E-state index in [4.69, 9.17) is 0 Å². The molecular formula is C15H22BrN3O. The molecule has 1 unspecified atom stereocenters. The molecule has 110 valence electrons. The Morgan fingerprint density at radius 2 is 2.15 bits per heavy atom. The summed E-state index contributed by atoms with van der Waals surface area (Å²) in [5.41, 5.74) is 2.39. The first-order valence-corrected chi connectivity index (χ1v) is 7.84. The Kier molecular flexibility index (Phi) is 5.05. The highest BCUT2D eigenvalue weighted by Gasteiger charge is 2.24. The van der Waals surface area contributed by atoms with Crippen LogP contribution in [0.4, 0.5) is 5.69 Å². The Bertz CT molecular complexity index is 492. The van der Waals surface area contributed by atoms with Crippen LogP contribution >= 0.6 is 15.9 Å². The topological polar surface area (TPSA) is 35.6 Å². The third-order valence-electron chi connectivity index (χ3n) is 3.76. The molecule has 5 heteroatoms. The number of likely N-dealkylation sites (N-methyl/N-ethyl adjacent to an activating group) is 1. The van der Waals surface area contributed by atoms with Gasteiger partial charge in [0.2, 0.25) is 5.91 Å². The van der Waals surface area contributed by atoms with Crippen LogP contribution in [-0.2, 0) is 4.79 Å². The number of carbonyl (C=O) groups is 1. The van der Waals surface area contributed by atoms with Gasteiger partial charge in [-0.25, -0.2) is 0 Å². The lowest BCUT2D eigenvalue weighted by atomic mass is 10.0. The fraction of sp³-hybridized carbons (Fsp3) is 0.533. The van der Waals surface area contributed by atoms with E-state index in [0.29, 0.717) is 6.54 Å². The van der Waals surface area contributed by atoms with Crippen molar-refractivity contribution >= 4 is 27.5 Å². The van der Waals surface area contributed by atoms with Crippen LogP contribution in [0.5, 0.6) is 0 Å². The Balaban J connectivity index is 2.29. The van der Waals surface area contributed by atoms with Gasteiger partial charge in [0.1, 0.15) is 0 Å². The molecular weight excluding hydrogens is 318 g/mol. The maximum atomic E-state index is 11.9. The van der Waals surface area contributed by atoms with Gasteiger partial charge in [-0.3, -0.25) is 4.79 Å². The van der Waals surface area contributed by atoms with Crippen molar-refractivity contribution in [2.45, 2.75) is 19.9 Å². The lowest BCUT2D eigenvalue weighted by Crippen LogP contribution is -2.49. The van der Waals surface area contributed by atoms with Gasteiger partial charge in [0.15, 0.2) is 0 Å². The smallest absolute Gasteiger partial charge is 0.241 e. The van der Waals surface area contributed by atoms with Gasteiger partial charge >= 0.3 is 0 Å². The number of anilines is 1. The van der Waals surface area contributed by atoms with Gasteiger partial charge < -0.3 is 15.1 Å². The number of rotatable bonds is 4. The van der Waals surface area contributed by atoms with Gasteiger partial charge in [-0.05, 0) is 37.2 Å². The van der Waals surface area contributed by atoms with Crippen molar-refractivity contribution in [3.05, 3.63) is 28.2 Å². The second kappa shape index (κ2) is 6.59. The molecule has 1 amide bonds. The first kappa shape index (κ1) is 15.3. The second-order valence-corrected chi connectivity index (χ2v) is 6.14. The van der Waals surface area contributed by atoms with Crippen molar-refractivity contribution in [1.29, 1.82) is 0 Å². The lowest BCUT2D eigenvalue weighted by molar-refractivity contribution is -0.129. The molecule has 4 nitrogen and oxygen atoms in total. The molecule has 0 bridgehead atoms. The van der Waals surface area contributed by atoms with Crippen molar-refractivity contribution in [2.75, 3.05) is 38.1 Å². The van der Waals surface area contributed by atoms with E-state index in [1.165, 1.54) is 5.56 Å². The van der Waals surface area contributed by atoms with Crippen LogP contribution < -0.4 is 10.2 Å². The first-order valence-electron chi connectivity index (χ1n) is 7.04. The number of benzene rings is 1. The van der Waals surface area contributed by atoms with Crippen LogP contribution in [0.2, 0.25) is 0 Å². The van der Waals surface area contributed by atoms with E-state index in [0.717, 1.165) is 29.8 Å². The van der Waals surface area contributed by atoms with E-state index in [2.05, 4.69) is 52.1 Å². The van der Waals surface area contributed by atoms with E-state index in [1.54, 1.807) is 4.90 Å². The summed E-state index contributed by atoms with van der Waals surface area (Å²) in [5.74, 6) is 0.182. The number of hydrogen-bond donors (Lipinski definition) is 1. The third-order valence-corrected chi connectivity index (χ3v) is 4.26. The number of carbonyl (C=O) groups excluding carboxylic acids is 1. The molecule has 0 aromatic heterocycles. The molecule has 1 N–H and O–H groups in total. The van der Waals surface area contributed by atoms with E-state index < -0.39 is 0 Å². The van der Waals surface area contributed by atoms with Crippen molar-refractivity contribution < 1.29 is 4.79 Å². The van der Waals surface area contributed by atoms with E-state index >= 15 is 0 Å². The zero-order chi connectivity index (χ0) is 14.7. The molecule has 1 fully saturated rings. The van der Waals surface area contributed by atoms with E-state index in [-0.39, 0.29) is 11.9 Å². The second-order valence-electron chi connectivity index (χ2n) is 5.22. The van der Waals surface area contributed by atoms with Gasteiger partial charge in [-0.2, -0.15) is 0 Å². The van der Waals surface area contributed by atoms with Gasteiger partial charge in [0.05, 0.1) is 6.54 Å². The summed E-state index contributed by atoms with van der Waals surface area (Å²) in [6.07, 6.45) is 0. The summed E-state index contributed by atoms with van der Waals surface area (Å²) in [6, 6.07) is 6.56. The minimum absolute atomic E-state index is 0.182. The minimum atomic E-state index is 0.182. The van der Waals surface area contributed by atoms with Crippen LogP contribution in [0.3, 0.4) is 0 Å². The van der Waals surface area contributed by atoms with Crippen molar-refractivity contribution in [2.24, 2.45) is 0 Å². The standard InChI is InChI=1S/C15H22BrN3O/c1-4-17-11(2)13-9-12(16)5-6-14(13)19-8-7-18(3)15(20)10-19/h5-6,9,11,17H,4,7-8,10H2,1-3H3. The number of nitrogens with zero attached hydrogens (tertiary/aromatic N) is 2. The maximum Gasteiger partial charge on any atom is 0.241 e. The van der Waals surface area contributed by atoms with Crippen LogP contribution in [0.15, 0.2) is 22.7 Å². The zero-order valence-electron chi connectivity index (χ0n) is 12.3. The Morgan fingerprint density at radius 3 is 2.80 bits per heavy atom.